The van der Waals surface area contributed by atoms with Crippen molar-refractivity contribution in [2.45, 2.75) is 24.1 Å². The molecular formula is C8F14O. The summed E-state index contributed by atoms with van der Waals surface area (Å²) in [5.74, 6) is -23.8. The van der Waals surface area contributed by atoms with Crippen LogP contribution in [0.25, 0.3) is 0 Å². The Hall–Kier alpha value is -1.70. The molecule has 15 heteroatoms. The van der Waals surface area contributed by atoms with Gasteiger partial charge in [-0.1, -0.05) is 0 Å². The number of alkyl halides is 9. The molecule has 0 aliphatic heterocycles. The van der Waals surface area contributed by atoms with Gasteiger partial charge in [-0.25, -0.2) is 4.39 Å². The van der Waals surface area contributed by atoms with Crippen molar-refractivity contribution in [3.05, 3.63) is 23.7 Å². The Morgan fingerprint density at radius 3 is 1.30 bits per heavy atom. The van der Waals surface area contributed by atoms with E-state index in [1.165, 1.54) is 0 Å². The third-order valence-corrected chi connectivity index (χ3v) is 1.84. The molecule has 0 aromatic carbocycles. The lowest BCUT2D eigenvalue weighted by atomic mass is 10.1. The second-order valence-corrected chi connectivity index (χ2v) is 3.43. The minimum atomic E-state index is -7.39. The lowest BCUT2D eigenvalue weighted by Gasteiger charge is -2.30. The molecule has 1 nitrogen and oxygen atoms in total. The lowest BCUT2D eigenvalue weighted by molar-refractivity contribution is -0.388. The van der Waals surface area contributed by atoms with E-state index in [-0.39, 0.29) is 0 Å². The van der Waals surface area contributed by atoms with Gasteiger partial charge in [0.15, 0.2) is 0 Å². The Bertz CT molecular complexity index is 507. The highest BCUT2D eigenvalue weighted by Gasteiger charge is 2.77. The molecule has 0 aliphatic carbocycles. The van der Waals surface area contributed by atoms with Gasteiger partial charge in [0.05, 0.1) is 0 Å². The summed E-state index contributed by atoms with van der Waals surface area (Å²) in [6, 6.07) is -3.80. The molecule has 0 aromatic heterocycles. The van der Waals surface area contributed by atoms with Gasteiger partial charge in [-0.15, -0.1) is 0 Å². The Morgan fingerprint density at radius 1 is 0.609 bits per heavy atom. The lowest BCUT2D eigenvalue weighted by Crippen LogP contribution is -2.56. The van der Waals surface area contributed by atoms with Gasteiger partial charge in [0.2, 0.25) is 11.7 Å². The SMILES string of the molecule is FC(F)=C(F)OC(F)(F)C(F)(F)C(F)(F)C(F)=C(F)C(F)(F)F. The molecular weight excluding hydrogens is 378 g/mol. The molecule has 0 spiro atoms. The quantitative estimate of drug-likeness (QED) is 0.446. The van der Waals surface area contributed by atoms with Gasteiger partial charge in [-0.2, -0.15) is 57.1 Å². The minimum absolute atomic E-state index is 1.87. The van der Waals surface area contributed by atoms with E-state index in [0.717, 1.165) is 0 Å². The zero-order valence-electron chi connectivity index (χ0n) is 9.70. The molecule has 0 saturated carbocycles. The van der Waals surface area contributed by atoms with Crippen LogP contribution in [-0.4, -0.2) is 24.1 Å². The predicted octanol–water partition coefficient (Wildman–Crippen LogP) is 5.61. The van der Waals surface area contributed by atoms with Gasteiger partial charge in [0, 0.05) is 0 Å². The van der Waals surface area contributed by atoms with Gasteiger partial charge in [-0.3, -0.25) is 0 Å². The van der Waals surface area contributed by atoms with E-state index in [4.69, 9.17) is 0 Å². The zero-order valence-corrected chi connectivity index (χ0v) is 9.70. The van der Waals surface area contributed by atoms with Crippen LogP contribution in [0.2, 0.25) is 0 Å². The van der Waals surface area contributed by atoms with Crippen LogP contribution < -0.4 is 0 Å². The van der Waals surface area contributed by atoms with Gasteiger partial charge in [0.25, 0.3) is 0 Å². The summed E-state index contributed by atoms with van der Waals surface area (Å²) in [5.41, 5.74) is 0. The van der Waals surface area contributed by atoms with Crippen molar-refractivity contribution in [2.75, 3.05) is 0 Å². The normalized spacial score (nSPS) is 15.2. The van der Waals surface area contributed by atoms with E-state index in [2.05, 4.69) is 0 Å². The van der Waals surface area contributed by atoms with E-state index in [9.17, 15) is 61.5 Å². The van der Waals surface area contributed by atoms with Crippen molar-refractivity contribution in [3.63, 3.8) is 0 Å². The highest BCUT2D eigenvalue weighted by Crippen LogP contribution is 2.52. The second kappa shape index (κ2) is 6.07. The van der Waals surface area contributed by atoms with E-state index in [0.29, 0.717) is 0 Å². The van der Waals surface area contributed by atoms with Gasteiger partial charge < -0.3 is 4.74 Å². The number of allylic oxidation sites excluding steroid dienone is 2. The van der Waals surface area contributed by atoms with E-state index in [1.54, 1.807) is 0 Å². The maximum atomic E-state index is 12.7. The first-order valence-corrected chi connectivity index (χ1v) is 4.55. The molecule has 0 amide bonds. The van der Waals surface area contributed by atoms with Gasteiger partial charge in [0.1, 0.15) is 0 Å². The zero-order chi connectivity index (χ0) is 19.0. The van der Waals surface area contributed by atoms with Gasteiger partial charge in [-0.05, 0) is 0 Å². The topological polar surface area (TPSA) is 9.23 Å². The smallest absolute Gasteiger partial charge is 0.397 e. The molecule has 0 unspecified atom stereocenters. The van der Waals surface area contributed by atoms with Crippen LogP contribution in [0, 0.1) is 0 Å². The highest BCUT2D eigenvalue weighted by atomic mass is 19.4. The number of ether oxygens (including phenoxy) is 1. The number of rotatable bonds is 5. The molecule has 0 heterocycles. The molecule has 0 aliphatic rings. The Morgan fingerprint density at radius 2 is 1.00 bits per heavy atom. The first kappa shape index (κ1) is 21.3. The number of halogens is 14. The van der Waals surface area contributed by atoms with Crippen molar-refractivity contribution < 1.29 is 66.2 Å². The molecule has 0 rings (SSSR count). The third kappa shape index (κ3) is 3.99. The Kier molecular flexibility index (Phi) is 5.62. The van der Waals surface area contributed by atoms with Crippen LogP contribution in [0.1, 0.15) is 0 Å². The fourth-order valence-electron chi connectivity index (χ4n) is 0.798. The standard InChI is InChI=1S/C8F14O/c9-1(2(10)6(16,17)18)5(14,15)7(19,20)8(21,22)23-4(13)3(11)12. The van der Waals surface area contributed by atoms with Crippen LogP contribution in [0.4, 0.5) is 61.5 Å². The largest absolute Gasteiger partial charge is 0.473 e. The van der Waals surface area contributed by atoms with Crippen molar-refractivity contribution >= 4 is 0 Å². The average Bonchev–Trinajstić information content (AvgIpc) is 2.34. The highest BCUT2D eigenvalue weighted by molar-refractivity contribution is 5.19. The molecule has 0 fully saturated rings. The van der Waals surface area contributed by atoms with E-state index in [1.807, 2.05) is 4.74 Å². The summed E-state index contributed by atoms with van der Waals surface area (Å²) in [7, 11) is 0. The molecule has 0 saturated heterocycles. The first-order valence-electron chi connectivity index (χ1n) is 4.55. The molecule has 0 atom stereocenters. The minimum Gasteiger partial charge on any atom is -0.397 e. The van der Waals surface area contributed by atoms with Crippen molar-refractivity contribution in [1.29, 1.82) is 0 Å². The van der Waals surface area contributed by atoms with Crippen molar-refractivity contribution in [1.82, 2.24) is 0 Å². The van der Waals surface area contributed by atoms with Crippen LogP contribution in [0.15, 0.2) is 23.7 Å². The van der Waals surface area contributed by atoms with Crippen LogP contribution in [-0.2, 0) is 4.74 Å². The third-order valence-electron chi connectivity index (χ3n) is 1.84. The van der Waals surface area contributed by atoms with Crippen molar-refractivity contribution in [3.8, 4) is 0 Å². The first-order chi connectivity index (χ1) is 9.89. The van der Waals surface area contributed by atoms with Crippen LogP contribution in [0.5, 0.6) is 0 Å². The summed E-state index contributed by atoms with van der Waals surface area (Å²) in [6.45, 7) is 0. The Balaban J connectivity index is 6.03. The summed E-state index contributed by atoms with van der Waals surface area (Å²) >= 11 is 0. The summed E-state index contributed by atoms with van der Waals surface area (Å²) in [6.07, 6.45) is -17.4. The maximum absolute atomic E-state index is 12.7. The van der Waals surface area contributed by atoms with Crippen LogP contribution >= 0.6 is 0 Å². The molecule has 0 radical (unpaired) electrons. The number of hydrogen-bond donors (Lipinski definition) is 0. The summed E-state index contributed by atoms with van der Waals surface area (Å²) < 4.78 is 172. The predicted molar refractivity (Wildman–Crippen MR) is 41.6 cm³/mol. The summed E-state index contributed by atoms with van der Waals surface area (Å²) in [5, 5.41) is 0. The number of hydrogen-bond acceptors (Lipinski definition) is 1. The van der Waals surface area contributed by atoms with Crippen molar-refractivity contribution in [2.24, 2.45) is 0 Å². The molecule has 0 aromatic rings. The van der Waals surface area contributed by atoms with Gasteiger partial charge >= 0.3 is 36.2 Å². The average molecular weight is 378 g/mol. The van der Waals surface area contributed by atoms with E-state index >= 15 is 0 Å². The van der Waals surface area contributed by atoms with Crippen LogP contribution in [0.3, 0.4) is 0 Å². The maximum Gasteiger partial charge on any atom is 0.473 e. The summed E-state index contributed by atoms with van der Waals surface area (Å²) in [4.78, 5) is 0. The molecule has 23 heavy (non-hydrogen) atoms. The monoisotopic (exact) mass is 378 g/mol. The molecule has 0 bridgehead atoms. The Labute approximate surface area is 115 Å². The fraction of sp³-hybridized carbons (Fsp3) is 0.500. The molecule has 0 N–H and O–H groups in total. The second-order valence-electron chi connectivity index (χ2n) is 3.43. The molecule has 136 valence electrons. The van der Waals surface area contributed by atoms with E-state index < -0.39 is 47.9 Å². The fourth-order valence-corrected chi connectivity index (χ4v) is 0.798.